The summed E-state index contributed by atoms with van der Waals surface area (Å²) in [7, 11) is 0. The summed E-state index contributed by atoms with van der Waals surface area (Å²) < 4.78 is 0. The molecule has 15 heavy (non-hydrogen) atoms. The van der Waals surface area contributed by atoms with Gasteiger partial charge in [0.2, 0.25) is 11.8 Å². The zero-order chi connectivity index (χ0) is 11.8. The van der Waals surface area contributed by atoms with Gasteiger partial charge in [-0.2, -0.15) is 0 Å². The quantitative estimate of drug-likeness (QED) is 0.721. The molecule has 0 radical (unpaired) electrons. The Morgan fingerprint density at radius 2 is 1.93 bits per heavy atom. The van der Waals surface area contributed by atoms with E-state index in [-0.39, 0.29) is 24.4 Å². The molecule has 0 aromatic carbocycles. The van der Waals surface area contributed by atoms with Crippen molar-refractivity contribution in [3.8, 4) is 0 Å². The lowest BCUT2D eigenvalue weighted by molar-refractivity contribution is -0.134. The molecular formula is C11H22N2O2. The molecule has 0 aliphatic rings. The molecule has 0 bridgehead atoms. The van der Waals surface area contributed by atoms with Crippen LogP contribution < -0.4 is 5.32 Å². The lowest BCUT2D eigenvalue weighted by atomic mass is 10.2. The number of nitrogens with zero attached hydrogens (tertiary/aromatic N) is 1. The van der Waals surface area contributed by atoms with Crippen LogP contribution in [-0.4, -0.2) is 35.8 Å². The number of nitrogens with one attached hydrogen (secondary N) is 1. The summed E-state index contributed by atoms with van der Waals surface area (Å²) >= 11 is 0. The molecule has 0 spiro atoms. The third kappa shape index (κ3) is 6.10. The predicted octanol–water partition coefficient (Wildman–Crippen LogP) is 1.16. The van der Waals surface area contributed by atoms with Crippen molar-refractivity contribution in [3.05, 3.63) is 0 Å². The van der Waals surface area contributed by atoms with Crippen molar-refractivity contribution in [1.29, 1.82) is 0 Å². The third-order valence-corrected chi connectivity index (χ3v) is 2.29. The topological polar surface area (TPSA) is 49.4 Å². The fourth-order valence-corrected chi connectivity index (χ4v) is 1.21. The average Bonchev–Trinajstić information content (AvgIpc) is 2.16. The van der Waals surface area contributed by atoms with E-state index in [1.54, 1.807) is 4.90 Å². The van der Waals surface area contributed by atoms with E-state index >= 15 is 0 Å². The fraction of sp³-hybridized carbons (Fsp3) is 0.818. The van der Waals surface area contributed by atoms with Crippen molar-refractivity contribution in [2.24, 2.45) is 0 Å². The molecule has 0 aliphatic heterocycles. The molecule has 0 aromatic rings. The van der Waals surface area contributed by atoms with Crippen molar-refractivity contribution < 1.29 is 9.59 Å². The highest BCUT2D eigenvalue weighted by Gasteiger charge is 2.13. The normalized spacial score (nSPS) is 12.0. The SMILES string of the molecule is CCCN(CC(=O)NC(C)CC)C(C)=O. The van der Waals surface area contributed by atoms with E-state index in [0.29, 0.717) is 6.54 Å². The van der Waals surface area contributed by atoms with E-state index in [9.17, 15) is 9.59 Å². The first-order chi connectivity index (χ1) is 7.01. The van der Waals surface area contributed by atoms with Crippen LogP contribution in [0.4, 0.5) is 0 Å². The number of carbonyl (C=O) groups excluding carboxylic acids is 2. The largest absolute Gasteiger partial charge is 0.352 e. The van der Waals surface area contributed by atoms with Gasteiger partial charge in [0.25, 0.3) is 0 Å². The van der Waals surface area contributed by atoms with Crippen molar-refractivity contribution in [1.82, 2.24) is 10.2 Å². The second-order valence-corrected chi connectivity index (χ2v) is 3.82. The van der Waals surface area contributed by atoms with Crippen LogP contribution in [-0.2, 0) is 9.59 Å². The van der Waals surface area contributed by atoms with Gasteiger partial charge in [-0.25, -0.2) is 0 Å². The van der Waals surface area contributed by atoms with E-state index < -0.39 is 0 Å². The van der Waals surface area contributed by atoms with Crippen molar-refractivity contribution in [2.45, 2.75) is 46.6 Å². The van der Waals surface area contributed by atoms with Crippen LogP contribution in [0.15, 0.2) is 0 Å². The molecule has 0 aromatic heterocycles. The average molecular weight is 214 g/mol. The van der Waals surface area contributed by atoms with Gasteiger partial charge in [-0.15, -0.1) is 0 Å². The van der Waals surface area contributed by atoms with Crippen LogP contribution in [0.2, 0.25) is 0 Å². The Morgan fingerprint density at radius 3 is 2.33 bits per heavy atom. The maximum absolute atomic E-state index is 11.5. The minimum atomic E-state index is -0.0759. The Kier molecular flexibility index (Phi) is 6.75. The van der Waals surface area contributed by atoms with Crippen LogP contribution in [0.1, 0.15) is 40.5 Å². The Balaban J connectivity index is 4.05. The number of amides is 2. The summed E-state index contributed by atoms with van der Waals surface area (Å²) in [6, 6.07) is 0.174. The predicted molar refractivity (Wildman–Crippen MR) is 60.4 cm³/mol. The van der Waals surface area contributed by atoms with Gasteiger partial charge in [-0.3, -0.25) is 9.59 Å². The van der Waals surface area contributed by atoms with E-state index in [1.807, 2.05) is 20.8 Å². The van der Waals surface area contributed by atoms with Crippen LogP contribution in [0, 0.1) is 0 Å². The Morgan fingerprint density at radius 1 is 1.33 bits per heavy atom. The van der Waals surface area contributed by atoms with Crippen LogP contribution in [0.3, 0.4) is 0 Å². The summed E-state index contributed by atoms with van der Waals surface area (Å²) in [4.78, 5) is 24.2. The molecule has 4 nitrogen and oxygen atoms in total. The molecule has 2 amide bonds. The highest BCUT2D eigenvalue weighted by atomic mass is 16.2. The highest BCUT2D eigenvalue weighted by Crippen LogP contribution is 1.94. The number of rotatable bonds is 6. The maximum Gasteiger partial charge on any atom is 0.239 e. The molecule has 0 heterocycles. The lowest BCUT2D eigenvalue weighted by Gasteiger charge is -2.21. The Hall–Kier alpha value is -1.06. The zero-order valence-corrected chi connectivity index (χ0v) is 10.2. The van der Waals surface area contributed by atoms with Gasteiger partial charge in [0.15, 0.2) is 0 Å². The number of hydrogen-bond acceptors (Lipinski definition) is 2. The van der Waals surface area contributed by atoms with Gasteiger partial charge < -0.3 is 10.2 Å². The van der Waals surface area contributed by atoms with Gasteiger partial charge in [0.05, 0.1) is 6.54 Å². The molecule has 0 saturated heterocycles. The van der Waals surface area contributed by atoms with E-state index in [1.165, 1.54) is 6.92 Å². The molecular weight excluding hydrogens is 192 g/mol. The van der Waals surface area contributed by atoms with E-state index in [4.69, 9.17) is 0 Å². The van der Waals surface area contributed by atoms with Gasteiger partial charge in [0, 0.05) is 19.5 Å². The van der Waals surface area contributed by atoms with Gasteiger partial charge in [-0.1, -0.05) is 13.8 Å². The molecule has 4 heteroatoms. The monoisotopic (exact) mass is 214 g/mol. The van der Waals surface area contributed by atoms with Gasteiger partial charge in [0.1, 0.15) is 0 Å². The van der Waals surface area contributed by atoms with Crippen molar-refractivity contribution >= 4 is 11.8 Å². The molecule has 1 unspecified atom stereocenters. The second kappa shape index (κ2) is 7.26. The Labute approximate surface area is 92.0 Å². The summed E-state index contributed by atoms with van der Waals surface area (Å²) in [6.07, 6.45) is 1.77. The fourth-order valence-electron chi connectivity index (χ4n) is 1.21. The highest BCUT2D eigenvalue weighted by molar-refractivity contribution is 5.83. The first-order valence-corrected chi connectivity index (χ1v) is 5.56. The first-order valence-electron chi connectivity index (χ1n) is 5.56. The lowest BCUT2D eigenvalue weighted by Crippen LogP contribution is -2.42. The molecule has 0 aliphatic carbocycles. The molecule has 0 saturated carbocycles. The standard InChI is InChI=1S/C11H22N2O2/c1-5-7-13(10(4)14)8-11(15)12-9(3)6-2/h9H,5-8H2,1-4H3,(H,12,15). The minimum Gasteiger partial charge on any atom is -0.352 e. The van der Waals surface area contributed by atoms with Crippen LogP contribution in [0.25, 0.3) is 0 Å². The minimum absolute atomic E-state index is 0.0452. The number of carbonyl (C=O) groups is 2. The molecule has 1 N–H and O–H groups in total. The van der Waals surface area contributed by atoms with E-state index in [0.717, 1.165) is 12.8 Å². The molecule has 0 rings (SSSR count). The van der Waals surface area contributed by atoms with Crippen molar-refractivity contribution in [2.75, 3.05) is 13.1 Å². The van der Waals surface area contributed by atoms with Gasteiger partial charge in [-0.05, 0) is 19.8 Å². The summed E-state index contributed by atoms with van der Waals surface area (Å²) in [5.74, 6) is -0.121. The molecule has 1 atom stereocenters. The van der Waals surface area contributed by atoms with E-state index in [2.05, 4.69) is 5.32 Å². The summed E-state index contributed by atoms with van der Waals surface area (Å²) in [5.41, 5.74) is 0. The zero-order valence-electron chi connectivity index (χ0n) is 10.2. The molecule has 0 fully saturated rings. The summed E-state index contributed by atoms with van der Waals surface area (Å²) in [5, 5.41) is 2.84. The smallest absolute Gasteiger partial charge is 0.239 e. The summed E-state index contributed by atoms with van der Waals surface area (Å²) in [6.45, 7) is 8.26. The number of hydrogen-bond donors (Lipinski definition) is 1. The molecule has 88 valence electrons. The van der Waals surface area contributed by atoms with Gasteiger partial charge >= 0.3 is 0 Å². The second-order valence-electron chi connectivity index (χ2n) is 3.82. The Bertz CT molecular complexity index is 217. The maximum atomic E-state index is 11.5. The third-order valence-electron chi connectivity index (χ3n) is 2.29. The van der Waals surface area contributed by atoms with Crippen LogP contribution >= 0.6 is 0 Å². The first kappa shape index (κ1) is 13.9. The van der Waals surface area contributed by atoms with Crippen LogP contribution in [0.5, 0.6) is 0 Å². The van der Waals surface area contributed by atoms with Crippen molar-refractivity contribution in [3.63, 3.8) is 0 Å².